The van der Waals surface area contributed by atoms with E-state index in [1.165, 1.54) is 30.5 Å². The molecule has 0 bridgehead atoms. The van der Waals surface area contributed by atoms with Gasteiger partial charge in [-0.1, -0.05) is 24.3 Å². The van der Waals surface area contributed by atoms with Crippen molar-refractivity contribution in [1.29, 1.82) is 0 Å². The minimum atomic E-state index is -4.92. The number of benzene rings is 3. The van der Waals surface area contributed by atoms with Crippen LogP contribution in [0.2, 0.25) is 0 Å². The summed E-state index contributed by atoms with van der Waals surface area (Å²) in [6.45, 7) is 8.94. The maximum atomic E-state index is 15.0. The van der Waals surface area contributed by atoms with Gasteiger partial charge in [0.15, 0.2) is 11.6 Å². The molecule has 10 nitrogen and oxygen atoms in total. The number of alkyl halides is 3. The summed E-state index contributed by atoms with van der Waals surface area (Å²) in [4.78, 5) is 26.6. The van der Waals surface area contributed by atoms with Crippen molar-refractivity contribution in [3.63, 3.8) is 0 Å². The molecule has 4 aromatic rings. The first kappa shape index (κ1) is 34.4. The van der Waals surface area contributed by atoms with Crippen molar-refractivity contribution in [2.24, 2.45) is 0 Å². The molecule has 2 N–H and O–H groups in total. The Balaban J connectivity index is 1.31. The molecule has 1 fully saturated rings. The summed E-state index contributed by atoms with van der Waals surface area (Å²) < 4.78 is 68.9. The lowest BCUT2D eigenvalue weighted by Crippen LogP contribution is -2.44. The number of rotatable bonds is 12. The molecule has 0 spiro atoms. The maximum absolute atomic E-state index is 15.0. The van der Waals surface area contributed by atoms with Gasteiger partial charge in [-0.2, -0.15) is 4.98 Å². The maximum Gasteiger partial charge on any atom is 0.573 e. The SMILES string of the molecule is Cc1cccc(C)c1NC(=O)c1cnc(Nc2ccc(OCCCN3CCN(C)CC3)c(F)c2)nc1Oc1cccc(OC(F)(F)F)c1. The summed E-state index contributed by atoms with van der Waals surface area (Å²) in [5.74, 6) is -2.03. The first-order valence-electron chi connectivity index (χ1n) is 15.3. The zero-order valence-corrected chi connectivity index (χ0v) is 26.7. The smallest absolute Gasteiger partial charge is 0.490 e. The monoisotopic (exact) mass is 668 g/mol. The summed E-state index contributed by atoms with van der Waals surface area (Å²) in [7, 11) is 2.10. The Bertz CT molecular complexity index is 1710. The molecule has 3 aromatic carbocycles. The Morgan fingerprint density at radius 2 is 1.67 bits per heavy atom. The van der Waals surface area contributed by atoms with Gasteiger partial charge in [0, 0.05) is 62.4 Å². The fourth-order valence-corrected chi connectivity index (χ4v) is 5.07. The van der Waals surface area contributed by atoms with Crippen LogP contribution in [0.15, 0.2) is 66.9 Å². The van der Waals surface area contributed by atoms with E-state index in [1.54, 1.807) is 6.07 Å². The Hall–Kier alpha value is -4.95. The number of piperazine rings is 1. The molecule has 2 heterocycles. The number of amides is 1. The van der Waals surface area contributed by atoms with Crippen molar-refractivity contribution >= 4 is 23.2 Å². The highest BCUT2D eigenvalue weighted by molar-refractivity contribution is 6.06. The lowest BCUT2D eigenvalue weighted by Gasteiger charge is -2.32. The lowest BCUT2D eigenvalue weighted by molar-refractivity contribution is -0.274. The van der Waals surface area contributed by atoms with Crippen LogP contribution in [0.3, 0.4) is 0 Å². The number of hydrogen-bond acceptors (Lipinski definition) is 9. The van der Waals surface area contributed by atoms with Crippen LogP contribution in [0.4, 0.5) is 34.9 Å². The van der Waals surface area contributed by atoms with Crippen LogP contribution in [-0.4, -0.2) is 78.4 Å². The molecule has 1 amide bonds. The molecule has 14 heteroatoms. The molecule has 1 aliphatic rings. The molecule has 0 atom stereocenters. The molecule has 0 radical (unpaired) electrons. The molecule has 5 rings (SSSR count). The number of aromatic nitrogens is 2. The highest BCUT2D eigenvalue weighted by atomic mass is 19.4. The summed E-state index contributed by atoms with van der Waals surface area (Å²) in [6.07, 6.45) is -2.95. The van der Waals surface area contributed by atoms with Crippen LogP contribution in [0.1, 0.15) is 27.9 Å². The van der Waals surface area contributed by atoms with E-state index in [0.29, 0.717) is 12.3 Å². The van der Waals surface area contributed by atoms with Crippen LogP contribution in [0, 0.1) is 19.7 Å². The third-order valence-electron chi connectivity index (χ3n) is 7.63. The number of anilines is 3. The molecule has 1 saturated heterocycles. The third kappa shape index (κ3) is 9.55. The van der Waals surface area contributed by atoms with Gasteiger partial charge in [-0.05, 0) is 62.7 Å². The second kappa shape index (κ2) is 15.3. The van der Waals surface area contributed by atoms with E-state index in [9.17, 15) is 22.4 Å². The van der Waals surface area contributed by atoms with E-state index in [2.05, 4.69) is 42.2 Å². The largest absolute Gasteiger partial charge is 0.573 e. The number of para-hydroxylation sites is 1. The molecule has 1 aliphatic heterocycles. The number of nitrogens with zero attached hydrogens (tertiary/aromatic N) is 4. The summed E-state index contributed by atoms with van der Waals surface area (Å²) in [6, 6.07) is 14.6. The molecule has 0 aliphatic carbocycles. The van der Waals surface area contributed by atoms with Crippen LogP contribution >= 0.6 is 0 Å². The third-order valence-corrected chi connectivity index (χ3v) is 7.63. The van der Waals surface area contributed by atoms with Crippen LogP contribution < -0.4 is 24.8 Å². The van der Waals surface area contributed by atoms with E-state index in [0.717, 1.165) is 62.4 Å². The highest BCUT2D eigenvalue weighted by Crippen LogP contribution is 2.31. The average Bonchev–Trinajstić information content (AvgIpc) is 3.02. The summed E-state index contributed by atoms with van der Waals surface area (Å²) >= 11 is 0. The Kier molecular flexibility index (Phi) is 11.0. The predicted molar refractivity (Wildman–Crippen MR) is 173 cm³/mol. The van der Waals surface area contributed by atoms with Crippen molar-refractivity contribution in [2.75, 3.05) is 57.0 Å². The standard InChI is InChI=1S/C34H36F4N6O4/c1-22-7-4-8-23(2)30(22)41-31(45)27-21-39-33(42-32(27)47-25-9-5-10-26(20-25)48-34(36,37)38)40-24-11-12-29(28(35)19-24)46-18-6-13-44-16-14-43(3)15-17-44/h4-5,7-12,19-21H,6,13-18H2,1-3H3,(H,41,45)(H,39,40,42). The van der Waals surface area contributed by atoms with E-state index in [-0.39, 0.29) is 34.6 Å². The Morgan fingerprint density at radius 1 is 0.958 bits per heavy atom. The molecule has 0 saturated carbocycles. The van der Waals surface area contributed by atoms with Crippen molar-refractivity contribution in [1.82, 2.24) is 19.8 Å². The first-order valence-corrected chi connectivity index (χ1v) is 15.3. The zero-order valence-electron chi connectivity index (χ0n) is 26.7. The molecule has 1 aromatic heterocycles. The molecular weight excluding hydrogens is 632 g/mol. The van der Waals surface area contributed by atoms with Gasteiger partial charge < -0.3 is 34.6 Å². The second-order valence-corrected chi connectivity index (χ2v) is 11.4. The Labute approximate surface area is 275 Å². The fraction of sp³-hybridized carbons (Fsp3) is 0.324. The number of ether oxygens (including phenoxy) is 3. The van der Waals surface area contributed by atoms with E-state index >= 15 is 0 Å². The normalized spacial score (nSPS) is 14.0. The number of carbonyl (C=O) groups excluding carboxylic acids is 1. The molecule has 48 heavy (non-hydrogen) atoms. The van der Waals surface area contributed by atoms with Crippen molar-refractivity contribution in [3.8, 4) is 23.1 Å². The summed E-state index contributed by atoms with van der Waals surface area (Å²) in [5.41, 5.74) is 2.39. The van der Waals surface area contributed by atoms with E-state index < -0.39 is 23.8 Å². The molecular formula is C34H36F4N6O4. The van der Waals surface area contributed by atoms with Crippen molar-refractivity contribution < 1.29 is 36.6 Å². The minimum absolute atomic E-state index is 0.0587. The van der Waals surface area contributed by atoms with E-state index in [4.69, 9.17) is 9.47 Å². The van der Waals surface area contributed by atoms with Gasteiger partial charge >= 0.3 is 6.36 Å². The van der Waals surface area contributed by atoms with Gasteiger partial charge in [0.05, 0.1) is 6.61 Å². The van der Waals surface area contributed by atoms with Crippen molar-refractivity contribution in [2.45, 2.75) is 26.6 Å². The average molecular weight is 669 g/mol. The first-order chi connectivity index (χ1) is 22.9. The number of carbonyl (C=O) groups is 1. The topological polar surface area (TPSA) is 101 Å². The quantitative estimate of drug-likeness (QED) is 0.123. The van der Waals surface area contributed by atoms with Gasteiger partial charge in [-0.15, -0.1) is 13.2 Å². The summed E-state index contributed by atoms with van der Waals surface area (Å²) in [5, 5.41) is 5.70. The Morgan fingerprint density at radius 3 is 2.38 bits per heavy atom. The number of hydrogen-bond donors (Lipinski definition) is 2. The van der Waals surface area contributed by atoms with Crippen LogP contribution in [0.5, 0.6) is 23.1 Å². The fourth-order valence-electron chi connectivity index (χ4n) is 5.07. The number of nitrogens with one attached hydrogen (secondary N) is 2. The van der Waals surface area contributed by atoms with E-state index in [1.807, 2.05) is 32.0 Å². The predicted octanol–water partition coefficient (Wildman–Crippen LogP) is 6.94. The second-order valence-electron chi connectivity index (χ2n) is 11.4. The highest BCUT2D eigenvalue weighted by Gasteiger charge is 2.31. The van der Waals surface area contributed by atoms with Crippen molar-refractivity contribution in [3.05, 3.63) is 89.4 Å². The van der Waals surface area contributed by atoms with Gasteiger partial charge in [0.1, 0.15) is 17.1 Å². The van der Waals surface area contributed by atoms with Gasteiger partial charge in [-0.25, -0.2) is 9.37 Å². The number of aryl methyl sites for hydroxylation is 2. The molecule has 0 unspecified atom stereocenters. The molecule has 254 valence electrons. The number of halogens is 4. The minimum Gasteiger partial charge on any atom is -0.490 e. The van der Waals surface area contributed by atoms with Crippen LogP contribution in [-0.2, 0) is 0 Å². The lowest BCUT2D eigenvalue weighted by atomic mass is 10.1. The zero-order chi connectivity index (χ0) is 34.3. The van der Waals surface area contributed by atoms with Gasteiger partial charge in [0.25, 0.3) is 5.91 Å². The number of likely N-dealkylation sites (N-methyl/N-ethyl adjacent to an activating group) is 1. The van der Waals surface area contributed by atoms with Gasteiger partial charge in [-0.3, -0.25) is 4.79 Å². The van der Waals surface area contributed by atoms with Crippen LogP contribution in [0.25, 0.3) is 0 Å². The van der Waals surface area contributed by atoms with Gasteiger partial charge in [0.2, 0.25) is 11.8 Å².